The zero-order valence-corrected chi connectivity index (χ0v) is 12.2. The van der Waals surface area contributed by atoms with Crippen molar-refractivity contribution in [2.24, 2.45) is 0 Å². The van der Waals surface area contributed by atoms with Crippen molar-refractivity contribution in [3.05, 3.63) is 29.8 Å². The van der Waals surface area contributed by atoms with Crippen molar-refractivity contribution in [3.63, 3.8) is 0 Å². The van der Waals surface area contributed by atoms with Crippen LogP contribution in [-0.4, -0.2) is 22.8 Å². The standard InChI is InChI=1S/C15H21FN2O2/c1-4-9-18-13-8-7-11(16)10-12(13)17-14(18)15(19-5-2)20-6-3/h7-8,10,15H,4-6,9H2,1-3H3. The summed E-state index contributed by atoms with van der Waals surface area (Å²) in [4.78, 5) is 4.50. The van der Waals surface area contributed by atoms with Crippen LogP contribution >= 0.6 is 0 Å². The molecule has 0 amide bonds. The van der Waals surface area contributed by atoms with Gasteiger partial charge in [-0.1, -0.05) is 6.92 Å². The Morgan fingerprint density at radius 3 is 2.50 bits per heavy atom. The third kappa shape index (κ3) is 2.99. The number of hydrogen-bond acceptors (Lipinski definition) is 3. The second-order valence-corrected chi connectivity index (χ2v) is 4.50. The largest absolute Gasteiger partial charge is 0.346 e. The number of hydrogen-bond donors (Lipinski definition) is 0. The minimum absolute atomic E-state index is 0.283. The van der Waals surface area contributed by atoms with Gasteiger partial charge in [0.2, 0.25) is 6.29 Å². The topological polar surface area (TPSA) is 36.3 Å². The lowest BCUT2D eigenvalue weighted by Gasteiger charge is -2.18. The van der Waals surface area contributed by atoms with E-state index in [0.717, 1.165) is 18.5 Å². The Hall–Kier alpha value is -1.46. The van der Waals surface area contributed by atoms with E-state index in [1.54, 1.807) is 6.07 Å². The lowest BCUT2D eigenvalue weighted by molar-refractivity contribution is -0.146. The molecule has 2 rings (SSSR count). The highest BCUT2D eigenvalue weighted by Crippen LogP contribution is 2.25. The predicted octanol–water partition coefficient (Wildman–Crippen LogP) is 3.66. The van der Waals surface area contributed by atoms with Crippen LogP contribution in [0, 0.1) is 5.82 Å². The molecule has 0 aliphatic carbocycles. The van der Waals surface area contributed by atoms with Crippen molar-refractivity contribution in [2.75, 3.05) is 13.2 Å². The van der Waals surface area contributed by atoms with Crippen LogP contribution in [-0.2, 0) is 16.0 Å². The summed E-state index contributed by atoms with van der Waals surface area (Å²) in [6.07, 6.45) is 0.452. The van der Waals surface area contributed by atoms with Gasteiger partial charge in [0.1, 0.15) is 5.82 Å². The van der Waals surface area contributed by atoms with Crippen LogP contribution in [0.4, 0.5) is 4.39 Å². The molecule has 4 nitrogen and oxygen atoms in total. The van der Waals surface area contributed by atoms with Gasteiger partial charge in [0.05, 0.1) is 11.0 Å². The highest BCUT2D eigenvalue weighted by molar-refractivity contribution is 5.76. The summed E-state index contributed by atoms with van der Waals surface area (Å²) >= 11 is 0. The molecule has 0 bridgehead atoms. The van der Waals surface area contributed by atoms with E-state index in [1.165, 1.54) is 12.1 Å². The van der Waals surface area contributed by atoms with Gasteiger partial charge in [0.15, 0.2) is 5.82 Å². The summed E-state index contributed by atoms with van der Waals surface area (Å²) in [5, 5.41) is 0. The van der Waals surface area contributed by atoms with Gasteiger partial charge in [0.25, 0.3) is 0 Å². The number of ether oxygens (including phenoxy) is 2. The first-order chi connectivity index (χ1) is 9.71. The van der Waals surface area contributed by atoms with Crippen molar-refractivity contribution >= 4 is 11.0 Å². The first-order valence-electron chi connectivity index (χ1n) is 7.10. The summed E-state index contributed by atoms with van der Waals surface area (Å²) in [6.45, 7) is 7.79. The molecule has 0 radical (unpaired) electrons. The maximum Gasteiger partial charge on any atom is 0.217 e. The fraction of sp³-hybridized carbons (Fsp3) is 0.533. The quantitative estimate of drug-likeness (QED) is 0.726. The lowest BCUT2D eigenvalue weighted by Crippen LogP contribution is -2.15. The Morgan fingerprint density at radius 1 is 1.20 bits per heavy atom. The van der Waals surface area contributed by atoms with E-state index in [9.17, 15) is 4.39 Å². The van der Waals surface area contributed by atoms with Gasteiger partial charge in [-0.25, -0.2) is 9.37 Å². The van der Waals surface area contributed by atoms with E-state index in [1.807, 2.05) is 18.4 Å². The van der Waals surface area contributed by atoms with Gasteiger partial charge in [0, 0.05) is 25.8 Å². The van der Waals surface area contributed by atoms with E-state index in [2.05, 4.69) is 11.9 Å². The number of fused-ring (bicyclic) bond motifs is 1. The Labute approximate surface area is 118 Å². The van der Waals surface area contributed by atoms with Crippen LogP contribution in [0.1, 0.15) is 39.3 Å². The molecule has 2 aromatic rings. The molecule has 0 fully saturated rings. The molecule has 0 unspecified atom stereocenters. The number of imidazole rings is 1. The van der Waals surface area contributed by atoms with Gasteiger partial charge >= 0.3 is 0 Å². The number of aryl methyl sites for hydroxylation is 1. The van der Waals surface area contributed by atoms with Gasteiger partial charge in [-0.2, -0.15) is 0 Å². The highest BCUT2D eigenvalue weighted by Gasteiger charge is 2.20. The SMILES string of the molecule is CCCn1c(C(OCC)OCC)nc2cc(F)ccc21. The molecule has 0 N–H and O–H groups in total. The average molecular weight is 280 g/mol. The highest BCUT2D eigenvalue weighted by atomic mass is 19.1. The lowest BCUT2D eigenvalue weighted by atomic mass is 10.3. The van der Waals surface area contributed by atoms with Crippen molar-refractivity contribution < 1.29 is 13.9 Å². The van der Waals surface area contributed by atoms with Crippen molar-refractivity contribution in [1.82, 2.24) is 9.55 Å². The summed E-state index contributed by atoms with van der Waals surface area (Å²) in [5.41, 5.74) is 1.55. The van der Waals surface area contributed by atoms with Crippen molar-refractivity contribution in [3.8, 4) is 0 Å². The van der Waals surface area contributed by atoms with E-state index in [-0.39, 0.29) is 5.82 Å². The van der Waals surface area contributed by atoms with Gasteiger partial charge in [-0.05, 0) is 32.4 Å². The van der Waals surface area contributed by atoms with Crippen LogP contribution in [0.2, 0.25) is 0 Å². The van der Waals surface area contributed by atoms with Crippen LogP contribution in [0.3, 0.4) is 0 Å². The molecule has 1 aromatic carbocycles. The third-order valence-corrected chi connectivity index (χ3v) is 3.03. The second-order valence-electron chi connectivity index (χ2n) is 4.50. The van der Waals surface area contributed by atoms with Crippen LogP contribution in [0.5, 0.6) is 0 Å². The Kier molecular flexibility index (Phi) is 5.09. The fourth-order valence-corrected chi connectivity index (χ4v) is 2.26. The van der Waals surface area contributed by atoms with E-state index in [0.29, 0.717) is 24.6 Å². The minimum atomic E-state index is -0.507. The van der Waals surface area contributed by atoms with Crippen LogP contribution in [0.25, 0.3) is 11.0 Å². The van der Waals surface area contributed by atoms with Gasteiger partial charge < -0.3 is 14.0 Å². The molecular weight excluding hydrogens is 259 g/mol. The monoisotopic (exact) mass is 280 g/mol. The van der Waals surface area contributed by atoms with E-state index in [4.69, 9.17) is 9.47 Å². The number of rotatable bonds is 7. The number of aromatic nitrogens is 2. The summed E-state index contributed by atoms with van der Waals surface area (Å²) in [5.74, 6) is 0.422. The molecule has 0 atom stereocenters. The number of benzene rings is 1. The van der Waals surface area contributed by atoms with Crippen molar-refractivity contribution in [1.29, 1.82) is 0 Å². The Bertz CT molecular complexity index is 562. The smallest absolute Gasteiger partial charge is 0.217 e. The average Bonchev–Trinajstić information content (AvgIpc) is 2.77. The first-order valence-corrected chi connectivity index (χ1v) is 7.10. The summed E-state index contributed by atoms with van der Waals surface area (Å²) in [6, 6.07) is 4.65. The normalized spacial score (nSPS) is 11.7. The molecule has 110 valence electrons. The zero-order valence-electron chi connectivity index (χ0n) is 12.2. The predicted molar refractivity (Wildman–Crippen MR) is 76.0 cm³/mol. The molecule has 20 heavy (non-hydrogen) atoms. The molecule has 0 aliphatic rings. The summed E-state index contributed by atoms with van der Waals surface area (Å²) < 4.78 is 26.6. The molecule has 0 saturated carbocycles. The molecular formula is C15H21FN2O2. The molecule has 0 saturated heterocycles. The second kappa shape index (κ2) is 6.81. The maximum atomic E-state index is 13.3. The number of nitrogens with zero attached hydrogens (tertiary/aromatic N) is 2. The first kappa shape index (κ1) is 14.9. The van der Waals surface area contributed by atoms with E-state index >= 15 is 0 Å². The van der Waals surface area contributed by atoms with Gasteiger partial charge in [-0.3, -0.25) is 0 Å². The van der Waals surface area contributed by atoms with Crippen molar-refractivity contribution in [2.45, 2.75) is 40.0 Å². The fourth-order valence-electron chi connectivity index (χ4n) is 2.26. The molecule has 5 heteroatoms. The van der Waals surface area contributed by atoms with Gasteiger partial charge in [-0.15, -0.1) is 0 Å². The molecule has 1 heterocycles. The maximum absolute atomic E-state index is 13.3. The van der Waals surface area contributed by atoms with Crippen LogP contribution < -0.4 is 0 Å². The Morgan fingerprint density at radius 2 is 1.90 bits per heavy atom. The third-order valence-electron chi connectivity index (χ3n) is 3.03. The summed E-state index contributed by atoms with van der Waals surface area (Å²) in [7, 11) is 0. The molecule has 0 spiro atoms. The number of halogens is 1. The molecule has 0 aliphatic heterocycles. The Balaban J connectivity index is 2.51. The minimum Gasteiger partial charge on any atom is -0.346 e. The van der Waals surface area contributed by atoms with E-state index < -0.39 is 6.29 Å². The molecule has 1 aromatic heterocycles. The van der Waals surface area contributed by atoms with Crippen LogP contribution in [0.15, 0.2) is 18.2 Å². The zero-order chi connectivity index (χ0) is 14.5.